The summed E-state index contributed by atoms with van der Waals surface area (Å²) in [6, 6.07) is 5.85. The van der Waals surface area contributed by atoms with Crippen LogP contribution in [0.15, 0.2) is 36.4 Å². The van der Waals surface area contributed by atoms with E-state index < -0.39 is 16.7 Å². The maximum atomic E-state index is 11.3. The van der Waals surface area contributed by atoms with Crippen LogP contribution in [-0.2, 0) is 16.1 Å². The van der Waals surface area contributed by atoms with Gasteiger partial charge in [0.15, 0.2) is 0 Å². The second kappa shape index (κ2) is 4.17. The second-order valence-corrected chi connectivity index (χ2v) is 3.52. The number of amides is 2. The number of hydrogen-bond acceptors (Lipinski definition) is 4. The molecule has 2 amide bonds. The molecule has 0 radical (unpaired) electrons. The van der Waals surface area contributed by atoms with Gasteiger partial charge in [-0.05, 0) is 5.56 Å². The molecular formula is C11H8N2O4. The van der Waals surface area contributed by atoms with Crippen LogP contribution in [0.5, 0.6) is 0 Å². The Kier molecular flexibility index (Phi) is 2.70. The largest absolute Gasteiger partial charge is 0.271 e. The first-order valence-corrected chi connectivity index (χ1v) is 4.85. The van der Waals surface area contributed by atoms with Crippen molar-refractivity contribution in [3.8, 4) is 0 Å². The maximum Gasteiger partial charge on any atom is 0.269 e. The molecule has 0 spiro atoms. The highest BCUT2D eigenvalue weighted by Gasteiger charge is 2.23. The van der Waals surface area contributed by atoms with Crippen LogP contribution in [0.3, 0.4) is 0 Å². The molecule has 0 N–H and O–H groups in total. The molecule has 17 heavy (non-hydrogen) atoms. The van der Waals surface area contributed by atoms with Gasteiger partial charge in [0.1, 0.15) is 0 Å². The lowest BCUT2D eigenvalue weighted by molar-refractivity contribution is -0.384. The first kappa shape index (κ1) is 11.0. The molecule has 1 aliphatic rings. The summed E-state index contributed by atoms with van der Waals surface area (Å²) in [6.45, 7) is 0.0480. The summed E-state index contributed by atoms with van der Waals surface area (Å²) < 4.78 is 0. The number of rotatable bonds is 3. The molecule has 0 saturated heterocycles. The van der Waals surface area contributed by atoms with Crippen LogP contribution in [-0.4, -0.2) is 21.6 Å². The van der Waals surface area contributed by atoms with E-state index in [1.54, 1.807) is 6.07 Å². The van der Waals surface area contributed by atoms with Crippen LogP contribution in [0.4, 0.5) is 5.69 Å². The number of non-ortho nitro benzene ring substituents is 1. The Morgan fingerprint density at radius 2 is 1.82 bits per heavy atom. The zero-order valence-corrected chi connectivity index (χ0v) is 8.70. The molecule has 0 bridgehead atoms. The zero-order valence-electron chi connectivity index (χ0n) is 8.70. The third-order valence-electron chi connectivity index (χ3n) is 2.36. The van der Waals surface area contributed by atoms with Gasteiger partial charge in [0.05, 0.1) is 11.5 Å². The third-order valence-corrected chi connectivity index (χ3v) is 2.36. The van der Waals surface area contributed by atoms with E-state index in [9.17, 15) is 19.7 Å². The molecule has 6 heteroatoms. The summed E-state index contributed by atoms with van der Waals surface area (Å²) in [4.78, 5) is 33.7. The molecule has 0 saturated carbocycles. The molecule has 0 aliphatic carbocycles. The number of hydrogen-bond donors (Lipinski definition) is 0. The van der Waals surface area contributed by atoms with Gasteiger partial charge in [-0.1, -0.05) is 12.1 Å². The van der Waals surface area contributed by atoms with Crippen molar-refractivity contribution in [1.29, 1.82) is 0 Å². The van der Waals surface area contributed by atoms with Crippen molar-refractivity contribution in [2.75, 3.05) is 0 Å². The molecule has 2 rings (SSSR count). The van der Waals surface area contributed by atoms with Gasteiger partial charge in [-0.2, -0.15) is 0 Å². The normalized spacial score (nSPS) is 14.5. The molecule has 0 fully saturated rings. The van der Waals surface area contributed by atoms with E-state index in [1.807, 2.05) is 0 Å². The molecule has 0 unspecified atom stereocenters. The Morgan fingerprint density at radius 3 is 2.41 bits per heavy atom. The summed E-state index contributed by atoms with van der Waals surface area (Å²) in [5.41, 5.74) is 0.485. The molecule has 86 valence electrons. The van der Waals surface area contributed by atoms with Crippen LogP contribution in [0, 0.1) is 10.1 Å². The minimum Gasteiger partial charge on any atom is -0.271 e. The summed E-state index contributed by atoms with van der Waals surface area (Å²) in [6.07, 6.45) is 2.36. The molecule has 1 aromatic rings. The number of benzene rings is 1. The molecule has 1 aliphatic heterocycles. The highest BCUT2D eigenvalue weighted by atomic mass is 16.6. The Balaban J connectivity index is 2.19. The fourth-order valence-electron chi connectivity index (χ4n) is 1.54. The Labute approximate surface area is 96.3 Å². The fourth-order valence-corrected chi connectivity index (χ4v) is 1.54. The fraction of sp³-hybridized carbons (Fsp3) is 0.0909. The average molecular weight is 232 g/mol. The number of nitro benzene ring substituents is 1. The number of nitro groups is 1. The lowest BCUT2D eigenvalue weighted by Crippen LogP contribution is -2.29. The highest BCUT2D eigenvalue weighted by Crippen LogP contribution is 2.16. The minimum atomic E-state index is -0.518. The van der Waals surface area contributed by atoms with Crippen molar-refractivity contribution in [2.45, 2.75) is 6.54 Å². The predicted molar refractivity (Wildman–Crippen MR) is 57.8 cm³/mol. The Hall–Kier alpha value is -2.50. The van der Waals surface area contributed by atoms with Crippen LogP contribution in [0.25, 0.3) is 0 Å². The molecular weight excluding hydrogens is 224 g/mol. The average Bonchev–Trinajstić information content (AvgIpc) is 2.61. The van der Waals surface area contributed by atoms with Crippen molar-refractivity contribution < 1.29 is 14.5 Å². The van der Waals surface area contributed by atoms with Crippen LogP contribution >= 0.6 is 0 Å². The number of nitrogens with zero attached hydrogens (tertiary/aromatic N) is 2. The quantitative estimate of drug-likeness (QED) is 0.442. The van der Waals surface area contributed by atoms with Crippen molar-refractivity contribution >= 4 is 17.5 Å². The van der Waals surface area contributed by atoms with Crippen LogP contribution in [0.2, 0.25) is 0 Å². The second-order valence-electron chi connectivity index (χ2n) is 3.52. The highest BCUT2D eigenvalue weighted by molar-refractivity contribution is 6.12. The summed E-state index contributed by atoms with van der Waals surface area (Å²) in [5, 5.41) is 10.6. The van der Waals surface area contributed by atoms with Gasteiger partial charge in [-0.25, -0.2) is 0 Å². The molecule has 0 atom stereocenters. The van der Waals surface area contributed by atoms with Gasteiger partial charge in [-0.3, -0.25) is 24.6 Å². The lowest BCUT2D eigenvalue weighted by Gasteiger charge is -2.13. The molecule has 1 aromatic carbocycles. The van der Waals surface area contributed by atoms with Crippen molar-refractivity contribution in [3.63, 3.8) is 0 Å². The van der Waals surface area contributed by atoms with Crippen molar-refractivity contribution in [2.24, 2.45) is 0 Å². The standard InChI is InChI=1S/C11H8N2O4/c14-10-4-5-11(15)12(10)7-8-2-1-3-9(6-8)13(16)17/h1-6H,7H2. The van der Waals surface area contributed by atoms with Gasteiger partial charge in [-0.15, -0.1) is 0 Å². The Morgan fingerprint density at radius 1 is 1.18 bits per heavy atom. The van der Waals surface area contributed by atoms with Gasteiger partial charge in [0, 0.05) is 24.3 Å². The number of imide groups is 1. The van der Waals surface area contributed by atoms with E-state index >= 15 is 0 Å². The van der Waals surface area contributed by atoms with Gasteiger partial charge in [0.2, 0.25) is 0 Å². The number of carbonyl (C=O) groups excluding carboxylic acids is 2. The van der Waals surface area contributed by atoms with E-state index in [0.717, 1.165) is 4.90 Å². The first-order chi connectivity index (χ1) is 8.08. The van der Waals surface area contributed by atoms with E-state index in [2.05, 4.69) is 0 Å². The number of carbonyl (C=O) groups is 2. The van der Waals surface area contributed by atoms with Crippen LogP contribution < -0.4 is 0 Å². The molecule has 1 heterocycles. The zero-order chi connectivity index (χ0) is 12.4. The predicted octanol–water partition coefficient (Wildman–Crippen LogP) is 1.02. The van der Waals surface area contributed by atoms with Crippen LogP contribution in [0.1, 0.15) is 5.56 Å². The topological polar surface area (TPSA) is 80.5 Å². The SMILES string of the molecule is O=C1C=CC(=O)N1Cc1cccc([N+](=O)[O-])c1. The van der Waals surface area contributed by atoms with Gasteiger partial charge in [0.25, 0.3) is 17.5 Å². The summed E-state index contributed by atoms with van der Waals surface area (Å²) in [5.74, 6) is -0.803. The third kappa shape index (κ3) is 2.20. The van der Waals surface area contributed by atoms with E-state index in [-0.39, 0.29) is 12.2 Å². The van der Waals surface area contributed by atoms with Crippen molar-refractivity contribution in [3.05, 3.63) is 52.1 Å². The van der Waals surface area contributed by atoms with Gasteiger partial charge < -0.3 is 0 Å². The molecule has 0 aromatic heterocycles. The van der Waals surface area contributed by atoms with E-state index in [0.29, 0.717) is 5.56 Å². The van der Waals surface area contributed by atoms with E-state index in [4.69, 9.17) is 0 Å². The minimum absolute atomic E-state index is 0.0480. The van der Waals surface area contributed by atoms with Crippen molar-refractivity contribution in [1.82, 2.24) is 4.90 Å². The van der Waals surface area contributed by atoms with E-state index in [1.165, 1.54) is 30.4 Å². The maximum absolute atomic E-state index is 11.3. The van der Waals surface area contributed by atoms with Gasteiger partial charge >= 0.3 is 0 Å². The summed E-state index contributed by atoms with van der Waals surface area (Å²) in [7, 11) is 0. The monoisotopic (exact) mass is 232 g/mol. The molecule has 6 nitrogen and oxygen atoms in total. The smallest absolute Gasteiger partial charge is 0.269 e. The Bertz CT molecular complexity index is 518. The summed E-state index contributed by atoms with van der Waals surface area (Å²) >= 11 is 0. The first-order valence-electron chi connectivity index (χ1n) is 4.85. The lowest BCUT2D eigenvalue weighted by atomic mass is 10.2.